The minimum atomic E-state index is -0.868. The van der Waals surface area contributed by atoms with Crippen LogP contribution in [0.25, 0.3) is 0 Å². The molecule has 1 fully saturated rings. The molecule has 3 heteroatoms. The molecular weight excluding hydrogens is 204 g/mol. The number of ether oxygens (including phenoxy) is 1. The molecule has 0 aromatic carbocycles. The van der Waals surface area contributed by atoms with E-state index in [1.54, 1.807) is 0 Å². The van der Waals surface area contributed by atoms with Gasteiger partial charge in [0.1, 0.15) is 6.10 Å². The van der Waals surface area contributed by atoms with Crippen molar-refractivity contribution in [2.24, 2.45) is 0 Å². The fourth-order valence-electron chi connectivity index (χ4n) is 2.51. The molecule has 2 aliphatic carbocycles. The highest BCUT2D eigenvalue weighted by molar-refractivity contribution is 5.46. The van der Waals surface area contributed by atoms with Gasteiger partial charge in [0.05, 0.1) is 6.61 Å². The Kier molecular flexibility index (Phi) is 2.32. The summed E-state index contributed by atoms with van der Waals surface area (Å²) >= 11 is 0. The van der Waals surface area contributed by atoms with E-state index in [4.69, 9.17) is 4.74 Å². The highest BCUT2D eigenvalue weighted by atomic mass is 17.1. The van der Waals surface area contributed by atoms with Crippen molar-refractivity contribution in [3.63, 3.8) is 0 Å². The molecular formula is C13H13O3. The van der Waals surface area contributed by atoms with Crippen LogP contribution < -0.4 is 0 Å². The van der Waals surface area contributed by atoms with Crippen LogP contribution in [0.1, 0.15) is 12.8 Å². The Morgan fingerprint density at radius 3 is 2.06 bits per heavy atom. The van der Waals surface area contributed by atoms with E-state index >= 15 is 0 Å². The minimum Gasteiger partial charge on any atom is -0.369 e. The van der Waals surface area contributed by atoms with Gasteiger partial charge in [0.25, 0.3) is 0 Å². The van der Waals surface area contributed by atoms with E-state index in [-0.39, 0.29) is 6.10 Å². The molecule has 0 spiro atoms. The van der Waals surface area contributed by atoms with Gasteiger partial charge in [0, 0.05) is 0 Å². The van der Waals surface area contributed by atoms with Gasteiger partial charge in [-0.25, -0.2) is 0 Å². The maximum atomic E-state index is 11.3. The van der Waals surface area contributed by atoms with Gasteiger partial charge in [0.2, 0.25) is 0 Å². The first kappa shape index (κ1) is 10.0. The molecule has 83 valence electrons. The van der Waals surface area contributed by atoms with Gasteiger partial charge < -0.3 is 4.74 Å². The summed E-state index contributed by atoms with van der Waals surface area (Å²) in [5.41, 5.74) is 1.16. The highest BCUT2D eigenvalue weighted by Crippen LogP contribution is 2.45. The predicted octanol–water partition coefficient (Wildman–Crippen LogP) is 2.26. The summed E-state index contributed by atoms with van der Waals surface area (Å²) in [6.45, 7) is 0.608. The number of allylic oxidation sites excluding steroid dienone is 6. The van der Waals surface area contributed by atoms with Crippen molar-refractivity contribution >= 4 is 0 Å². The standard InChI is InChI=1S/C13H13O3/c14-16-13(12-9-15-12,10-5-1-2-6-10)11-7-3-4-8-11/h1-5,7,12H,6,8-9H2. The SMILES string of the molecule is [O]OC(C1=CC=CC1)(C1=CC=CC1)C1CO1. The van der Waals surface area contributed by atoms with Crippen molar-refractivity contribution < 1.29 is 14.9 Å². The molecule has 1 aliphatic heterocycles. The van der Waals surface area contributed by atoms with Gasteiger partial charge in [-0.3, -0.25) is 0 Å². The molecule has 3 aliphatic rings. The molecule has 0 aromatic heterocycles. The Labute approximate surface area is 94.3 Å². The third-order valence-electron chi connectivity index (χ3n) is 3.41. The van der Waals surface area contributed by atoms with Gasteiger partial charge in [0.15, 0.2) is 5.60 Å². The summed E-state index contributed by atoms with van der Waals surface area (Å²) in [6.07, 6.45) is 13.4. The van der Waals surface area contributed by atoms with E-state index in [0.29, 0.717) is 6.61 Å². The van der Waals surface area contributed by atoms with Crippen molar-refractivity contribution in [2.45, 2.75) is 24.5 Å². The van der Waals surface area contributed by atoms with Crippen LogP contribution in [0.5, 0.6) is 0 Å². The van der Waals surface area contributed by atoms with Gasteiger partial charge in [-0.05, 0) is 29.2 Å². The number of hydrogen-bond donors (Lipinski definition) is 0. The third kappa shape index (κ3) is 1.33. The van der Waals surface area contributed by atoms with Crippen LogP contribution in [0.4, 0.5) is 0 Å². The first-order valence-corrected chi connectivity index (χ1v) is 5.53. The minimum absolute atomic E-state index is 0.109. The molecule has 0 bridgehead atoms. The van der Waals surface area contributed by atoms with Crippen LogP contribution >= 0.6 is 0 Å². The largest absolute Gasteiger partial charge is 0.369 e. The average molecular weight is 217 g/mol. The summed E-state index contributed by atoms with van der Waals surface area (Å²) < 4.78 is 5.33. The summed E-state index contributed by atoms with van der Waals surface area (Å²) in [5, 5.41) is 11.3. The molecule has 1 saturated heterocycles. The Hall–Kier alpha value is -1.16. The van der Waals surface area contributed by atoms with Crippen LogP contribution in [-0.2, 0) is 14.9 Å². The second-order valence-electron chi connectivity index (χ2n) is 4.29. The first-order valence-electron chi connectivity index (χ1n) is 5.53. The molecule has 0 saturated carbocycles. The molecule has 1 heterocycles. The zero-order chi connectivity index (χ0) is 11.0. The van der Waals surface area contributed by atoms with Crippen LogP contribution in [-0.4, -0.2) is 18.3 Å². The van der Waals surface area contributed by atoms with E-state index in [9.17, 15) is 5.26 Å². The number of rotatable bonds is 4. The highest BCUT2D eigenvalue weighted by Gasteiger charge is 2.54. The summed E-state index contributed by atoms with van der Waals surface area (Å²) in [4.78, 5) is 4.64. The lowest BCUT2D eigenvalue weighted by atomic mass is 9.81. The van der Waals surface area contributed by atoms with Crippen LogP contribution in [0.3, 0.4) is 0 Å². The maximum absolute atomic E-state index is 11.3. The second kappa shape index (κ2) is 3.70. The average Bonchev–Trinajstić information content (AvgIpc) is 2.85. The maximum Gasteiger partial charge on any atom is 0.178 e. The zero-order valence-corrected chi connectivity index (χ0v) is 8.89. The molecule has 16 heavy (non-hydrogen) atoms. The van der Waals surface area contributed by atoms with E-state index in [1.165, 1.54) is 0 Å². The quantitative estimate of drug-likeness (QED) is 0.412. The molecule has 0 amide bonds. The van der Waals surface area contributed by atoms with Gasteiger partial charge in [-0.1, -0.05) is 36.5 Å². The van der Waals surface area contributed by atoms with Crippen molar-refractivity contribution in [1.29, 1.82) is 0 Å². The fraction of sp³-hybridized carbons (Fsp3) is 0.385. The van der Waals surface area contributed by atoms with Gasteiger partial charge in [-0.15, -0.1) is 0 Å². The third-order valence-corrected chi connectivity index (χ3v) is 3.41. The smallest absolute Gasteiger partial charge is 0.178 e. The Balaban J connectivity index is 1.98. The topological polar surface area (TPSA) is 41.7 Å². The second-order valence-corrected chi connectivity index (χ2v) is 4.29. The lowest BCUT2D eigenvalue weighted by Gasteiger charge is -2.30. The van der Waals surface area contributed by atoms with E-state index in [1.807, 2.05) is 36.5 Å². The normalized spacial score (nSPS) is 27.2. The number of epoxide rings is 1. The zero-order valence-electron chi connectivity index (χ0n) is 8.89. The Morgan fingerprint density at radius 1 is 1.19 bits per heavy atom. The van der Waals surface area contributed by atoms with Crippen LogP contribution in [0, 0.1) is 0 Å². The number of hydrogen-bond acceptors (Lipinski definition) is 2. The van der Waals surface area contributed by atoms with Crippen molar-refractivity contribution in [1.82, 2.24) is 0 Å². The first-order chi connectivity index (χ1) is 7.88. The molecule has 1 radical (unpaired) electrons. The molecule has 3 nitrogen and oxygen atoms in total. The van der Waals surface area contributed by atoms with Crippen molar-refractivity contribution in [3.05, 3.63) is 47.6 Å². The van der Waals surface area contributed by atoms with Gasteiger partial charge in [-0.2, -0.15) is 4.89 Å². The van der Waals surface area contributed by atoms with Crippen molar-refractivity contribution in [3.8, 4) is 0 Å². The molecule has 3 rings (SSSR count). The molecule has 0 aromatic rings. The summed E-state index contributed by atoms with van der Waals surface area (Å²) in [7, 11) is 0. The monoisotopic (exact) mass is 217 g/mol. The molecule has 0 N–H and O–H groups in total. The Bertz CT molecular complexity index is 381. The van der Waals surface area contributed by atoms with Crippen molar-refractivity contribution in [2.75, 3.05) is 6.61 Å². The molecule has 1 atom stereocenters. The molecule has 1 unspecified atom stereocenters. The van der Waals surface area contributed by atoms with E-state index < -0.39 is 5.60 Å². The fourth-order valence-corrected chi connectivity index (χ4v) is 2.51. The predicted molar refractivity (Wildman–Crippen MR) is 57.9 cm³/mol. The van der Waals surface area contributed by atoms with E-state index in [2.05, 4.69) is 4.89 Å². The summed E-state index contributed by atoms with van der Waals surface area (Å²) in [6, 6.07) is 0. The van der Waals surface area contributed by atoms with Crippen LogP contribution in [0.2, 0.25) is 0 Å². The lowest BCUT2D eigenvalue weighted by molar-refractivity contribution is -0.356. The lowest BCUT2D eigenvalue weighted by Crippen LogP contribution is -2.41. The summed E-state index contributed by atoms with van der Waals surface area (Å²) in [5.74, 6) is 0. The van der Waals surface area contributed by atoms with Gasteiger partial charge >= 0.3 is 0 Å². The van der Waals surface area contributed by atoms with Crippen LogP contribution in [0.15, 0.2) is 47.6 Å². The van der Waals surface area contributed by atoms with E-state index in [0.717, 1.165) is 24.0 Å². The Morgan fingerprint density at radius 2 is 1.75 bits per heavy atom.